The number of aromatic amines is 1. The van der Waals surface area contributed by atoms with E-state index in [1.165, 1.54) is 18.7 Å². The van der Waals surface area contributed by atoms with Crippen LogP contribution in [0.2, 0.25) is 0 Å². The lowest BCUT2D eigenvalue weighted by Gasteiger charge is -2.38. The molecule has 0 aromatic carbocycles. The Morgan fingerprint density at radius 1 is 1.22 bits per heavy atom. The summed E-state index contributed by atoms with van der Waals surface area (Å²) in [5.41, 5.74) is -2.89. The fraction of sp³-hybridized carbons (Fsp3) is 0.458. The molecule has 0 aliphatic carbocycles. The van der Waals surface area contributed by atoms with E-state index in [4.69, 9.17) is 0 Å². The van der Waals surface area contributed by atoms with Gasteiger partial charge in [0.1, 0.15) is 5.82 Å². The zero-order valence-corrected chi connectivity index (χ0v) is 20.5. The number of carbonyl (C=O) groups excluding carboxylic acids is 1. The normalized spacial score (nSPS) is 21.2. The first-order valence-electron chi connectivity index (χ1n) is 11.6. The molecule has 1 aliphatic heterocycles. The maximum absolute atomic E-state index is 14.9. The van der Waals surface area contributed by atoms with Crippen molar-refractivity contribution in [2.75, 3.05) is 18.4 Å². The highest BCUT2D eigenvalue weighted by atomic mass is 19.4. The molecule has 1 amide bonds. The third kappa shape index (κ3) is 5.26. The minimum Gasteiger partial charge on any atom is -0.392 e. The average molecular weight is 523 g/mol. The molecule has 9 nitrogen and oxygen atoms in total. The molecule has 1 fully saturated rings. The largest absolute Gasteiger partial charge is 0.418 e. The number of amides is 1. The predicted molar refractivity (Wildman–Crippen MR) is 126 cm³/mol. The summed E-state index contributed by atoms with van der Waals surface area (Å²) < 4.78 is 56.4. The number of anilines is 1. The number of H-pyrrole nitrogens is 1. The van der Waals surface area contributed by atoms with Crippen LogP contribution >= 0.6 is 0 Å². The molecule has 1 unspecified atom stereocenters. The number of nitrogens with one attached hydrogen (secondary N) is 2. The highest BCUT2D eigenvalue weighted by molar-refractivity contribution is 5.94. The minimum absolute atomic E-state index is 0.0284. The van der Waals surface area contributed by atoms with Crippen molar-refractivity contribution in [3.8, 4) is 0 Å². The van der Waals surface area contributed by atoms with Gasteiger partial charge >= 0.3 is 6.18 Å². The monoisotopic (exact) mass is 522 g/mol. The van der Waals surface area contributed by atoms with Crippen LogP contribution in [0.25, 0.3) is 11.0 Å². The quantitative estimate of drug-likeness (QED) is 0.449. The number of alkyl halides is 3. The number of carbonyl (C=O) groups is 1. The molecule has 13 heteroatoms. The smallest absolute Gasteiger partial charge is 0.392 e. The van der Waals surface area contributed by atoms with Gasteiger partial charge in [0.05, 0.1) is 34.5 Å². The van der Waals surface area contributed by atoms with Crippen LogP contribution in [0.5, 0.6) is 0 Å². The van der Waals surface area contributed by atoms with Crippen molar-refractivity contribution < 1.29 is 27.5 Å². The van der Waals surface area contributed by atoms with Crippen LogP contribution in [-0.2, 0) is 6.18 Å². The molecule has 4 atom stereocenters. The second-order valence-electron chi connectivity index (χ2n) is 9.51. The predicted octanol–water partition coefficient (Wildman–Crippen LogP) is 3.44. The second-order valence-corrected chi connectivity index (χ2v) is 9.51. The Hall–Kier alpha value is -3.61. The number of likely N-dealkylation sites (tertiary alicyclic amines) is 1. The number of pyridine rings is 2. The Morgan fingerprint density at radius 3 is 2.46 bits per heavy atom. The first kappa shape index (κ1) is 26.5. The van der Waals surface area contributed by atoms with E-state index >= 15 is 0 Å². The third-order valence-corrected chi connectivity index (χ3v) is 6.46. The summed E-state index contributed by atoms with van der Waals surface area (Å²) in [6.07, 6.45) is -4.23. The summed E-state index contributed by atoms with van der Waals surface area (Å²) in [5.74, 6) is -1.97. The number of hydrogen-bond donors (Lipinski definition) is 3. The van der Waals surface area contributed by atoms with Crippen molar-refractivity contribution in [1.29, 1.82) is 0 Å². The van der Waals surface area contributed by atoms with Crippen molar-refractivity contribution in [3.63, 3.8) is 0 Å². The molecule has 4 heterocycles. The highest BCUT2D eigenvalue weighted by Gasteiger charge is 2.37. The van der Waals surface area contributed by atoms with Crippen LogP contribution in [0.15, 0.2) is 23.1 Å². The van der Waals surface area contributed by atoms with Gasteiger partial charge in [-0.05, 0) is 37.8 Å². The van der Waals surface area contributed by atoms with Gasteiger partial charge < -0.3 is 20.3 Å². The molecule has 1 aliphatic rings. The van der Waals surface area contributed by atoms with Crippen LogP contribution in [0, 0.1) is 24.6 Å². The lowest BCUT2D eigenvalue weighted by molar-refractivity contribution is -0.138. The van der Waals surface area contributed by atoms with E-state index in [2.05, 4.69) is 25.3 Å². The molecule has 3 aromatic rings. The third-order valence-electron chi connectivity index (χ3n) is 6.46. The number of aliphatic hydroxyl groups excluding tert-OH is 1. The van der Waals surface area contributed by atoms with Gasteiger partial charge in [0, 0.05) is 19.3 Å². The van der Waals surface area contributed by atoms with E-state index in [0.717, 1.165) is 18.3 Å². The van der Waals surface area contributed by atoms with E-state index in [0.29, 0.717) is 13.1 Å². The molecule has 0 spiro atoms. The Balaban J connectivity index is 1.62. The zero-order valence-electron chi connectivity index (χ0n) is 20.5. The van der Waals surface area contributed by atoms with Crippen LogP contribution in [0.3, 0.4) is 0 Å². The highest BCUT2D eigenvalue weighted by Crippen LogP contribution is 2.36. The molecular formula is C24H26F4N6O3. The van der Waals surface area contributed by atoms with Crippen molar-refractivity contribution in [2.45, 2.75) is 46.0 Å². The van der Waals surface area contributed by atoms with Crippen LogP contribution in [0.1, 0.15) is 54.3 Å². The number of aromatic nitrogens is 4. The first-order valence-corrected chi connectivity index (χ1v) is 11.6. The van der Waals surface area contributed by atoms with E-state index in [-0.39, 0.29) is 40.1 Å². The number of halogens is 4. The van der Waals surface area contributed by atoms with Crippen LogP contribution < -0.4 is 10.9 Å². The average Bonchev–Trinajstić information content (AvgIpc) is 2.81. The number of rotatable bonds is 4. The molecule has 4 rings (SSSR count). The Kier molecular flexibility index (Phi) is 6.93. The Morgan fingerprint density at radius 2 is 1.86 bits per heavy atom. The summed E-state index contributed by atoms with van der Waals surface area (Å²) in [6, 6.07) is 0.484. The lowest BCUT2D eigenvalue weighted by atomic mass is 9.88. The van der Waals surface area contributed by atoms with Gasteiger partial charge in [0.2, 0.25) is 0 Å². The number of aliphatic hydroxyl groups is 1. The van der Waals surface area contributed by atoms with Gasteiger partial charge in [-0.3, -0.25) is 9.59 Å². The summed E-state index contributed by atoms with van der Waals surface area (Å²) >= 11 is 0. The first-order chi connectivity index (χ1) is 17.3. The number of piperidine rings is 1. The molecule has 37 heavy (non-hydrogen) atoms. The SMILES string of the molecule is Cc1nc2cc(C(F)(F)F)c([C@H](C)Nc3ncc(C(=O)N4C[C@@H](C)C(O)[C@@H](C)C4)cc3F)nc2c(=O)[nH]1. The van der Waals surface area contributed by atoms with Crippen LogP contribution in [0.4, 0.5) is 23.4 Å². The van der Waals surface area contributed by atoms with Crippen LogP contribution in [-0.4, -0.2) is 55.0 Å². The number of hydrogen-bond acceptors (Lipinski definition) is 7. The fourth-order valence-corrected chi connectivity index (χ4v) is 4.59. The second kappa shape index (κ2) is 9.69. The van der Waals surface area contributed by atoms with Crippen molar-refractivity contribution in [1.82, 2.24) is 24.8 Å². The van der Waals surface area contributed by atoms with Gasteiger partial charge in [0.25, 0.3) is 11.5 Å². The summed E-state index contributed by atoms with van der Waals surface area (Å²) in [5, 5.41) is 12.7. The standard InChI is InChI=1S/C24H26F4N6O3/c1-10-8-34(9-11(2)20(10)35)23(37)14-5-16(25)21(29-7-14)30-12(3)18-15(24(26,27)28)6-17-19(33-18)22(36)32-13(4)31-17/h5-7,10-12,20,35H,8-9H2,1-4H3,(H,29,30)(H,31,32,36)/t10-,11+,12-,20?/m0/s1. The lowest BCUT2D eigenvalue weighted by Crippen LogP contribution is -2.49. The molecule has 0 bridgehead atoms. The molecule has 3 aromatic heterocycles. The number of aryl methyl sites for hydroxylation is 1. The van der Waals surface area contributed by atoms with Crippen molar-refractivity contribution in [3.05, 3.63) is 57.1 Å². The number of nitrogens with zero attached hydrogens (tertiary/aromatic N) is 4. The maximum atomic E-state index is 14.9. The molecular weight excluding hydrogens is 496 g/mol. The minimum atomic E-state index is -4.82. The van der Waals surface area contributed by atoms with Gasteiger partial charge in [0.15, 0.2) is 17.2 Å². The van der Waals surface area contributed by atoms with Gasteiger partial charge in [-0.2, -0.15) is 13.2 Å². The Labute approximate surface area is 209 Å². The number of fused-ring (bicyclic) bond motifs is 1. The van der Waals surface area contributed by atoms with Gasteiger partial charge in [-0.25, -0.2) is 19.3 Å². The molecule has 0 saturated carbocycles. The molecule has 198 valence electrons. The van der Waals surface area contributed by atoms with Crippen molar-refractivity contribution in [2.24, 2.45) is 11.8 Å². The van der Waals surface area contributed by atoms with E-state index in [1.54, 1.807) is 0 Å². The summed E-state index contributed by atoms with van der Waals surface area (Å²) in [6.45, 7) is 6.98. The van der Waals surface area contributed by atoms with E-state index in [9.17, 15) is 32.3 Å². The Bertz CT molecular complexity index is 1400. The molecule has 1 saturated heterocycles. The summed E-state index contributed by atoms with van der Waals surface area (Å²) in [7, 11) is 0. The molecule has 3 N–H and O–H groups in total. The van der Waals surface area contributed by atoms with E-state index in [1.807, 2.05) is 13.8 Å². The fourth-order valence-electron chi connectivity index (χ4n) is 4.59. The maximum Gasteiger partial charge on any atom is 0.418 e. The topological polar surface area (TPSA) is 124 Å². The van der Waals surface area contributed by atoms with Gasteiger partial charge in [-0.1, -0.05) is 13.8 Å². The van der Waals surface area contributed by atoms with E-state index < -0.39 is 46.9 Å². The van der Waals surface area contributed by atoms with Gasteiger partial charge in [-0.15, -0.1) is 0 Å². The summed E-state index contributed by atoms with van der Waals surface area (Å²) in [4.78, 5) is 40.8. The van der Waals surface area contributed by atoms with Crippen molar-refractivity contribution >= 4 is 22.8 Å². The zero-order chi connectivity index (χ0) is 27.2. The molecule has 0 radical (unpaired) electrons.